The van der Waals surface area contributed by atoms with Crippen LogP contribution in [-0.4, -0.2) is 29.6 Å². The fourth-order valence-electron chi connectivity index (χ4n) is 1.46. The van der Waals surface area contributed by atoms with Crippen molar-refractivity contribution in [2.45, 2.75) is 26.2 Å². The van der Waals surface area contributed by atoms with E-state index in [1.165, 1.54) is 6.07 Å². The van der Waals surface area contributed by atoms with Gasteiger partial charge in [-0.15, -0.1) is 0 Å². The Bertz CT molecular complexity index is 461. The molecule has 7 heteroatoms. The van der Waals surface area contributed by atoms with Crippen LogP contribution in [0.5, 0.6) is 5.88 Å². The number of unbranched alkanes of at least 4 members (excludes halogenated alkanes) is 2. The zero-order valence-electron chi connectivity index (χ0n) is 10.9. The van der Waals surface area contributed by atoms with Crippen LogP contribution >= 0.6 is 0 Å². The van der Waals surface area contributed by atoms with Crippen molar-refractivity contribution in [2.24, 2.45) is 0 Å². The Morgan fingerprint density at radius 2 is 2.21 bits per heavy atom. The average molecular weight is 268 g/mol. The molecule has 0 radical (unpaired) electrons. The molecule has 0 aliphatic rings. The lowest BCUT2D eigenvalue weighted by atomic mass is 10.2. The SMILES string of the molecule is CCCCCOc1cc(C(=O)OC)c([N+](=O)[O-])cn1. The van der Waals surface area contributed by atoms with Crippen molar-refractivity contribution in [1.82, 2.24) is 4.98 Å². The van der Waals surface area contributed by atoms with Gasteiger partial charge in [-0.1, -0.05) is 19.8 Å². The number of methoxy groups -OCH3 is 1. The minimum absolute atomic E-state index is 0.159. The molecule has 0 bridgehead atoms. The number of pyridine rings is 1. The van der Waals surface area contributed by atoms with E-state index in [1.54, 1.807) is 0 Å². The van der Waals surface area contributed by atoms with Gasteiger partial charge >= 0.3 is 11.7 Å². The Kier molecular flexibility index (Phi) is 5.72. The summed E-state index contributed by atoms with van der Waals surface area (Å²) in [5, 5.41) is 10.8. The number of carbonyl (C=O) groups is 1. The van der Waals surface area contributed by atoms with Crippen molar-refractivity contribution in [3.05, 3.63) is 27.9 Å². The normalized spacial score (nSPS) is 10.0. The van der Waals surface area contributed by atoms with Crippen LogP contribution in [0.25, 0.3) is 0 Å². The summed E-state index contributed by atoms with van der Waals surface area (Å²) in [5.41, 5.74) is -0.555. The Hall–Kier alpha value is -2.18. The minimum Gasteiger partial charge on any atom is -0.478 e. The number of hydrogen-bond donors (Lipinski definition) is 0. The van der Waals surface area contributed by atoms with Gasteiger partial charge in [-0.05, 0) is 6.42 Å². The number of nitro groups is 1. The largest absolute Gasteiger partial charge is 0.478 e. The number of rotatable bonds is 7. The van der Waals surface area contributed by atoms with Crippen molar-refractivity contribution < 1.29 is 19.2 Å². The molecule has 0 saturated heterocycles. The van der Waals surface area contributed by atoms with E-state index in [2.05, 4.69) is 16.6 Å². The molecule has 104 valence electrons. The Labute approximate surface area is 110 Å². The van der Waals surface area contributed by atoms with Gasteiger partial charge in [0.2, 0.25) is 5.88 Å². The summed E-state index contributed by atoms with van der Waals surface area (Å²) in [6, 6.07) is 1.23. The molecule has 1 rings (SSSR count). The van der Waals surface area contributed by atoms with Gasteiger partial charge in [0.05, 0.1) is 18.6 Å². The quantitative estimate of drug-likeness (QED) is 0.326. The number of ether oxygens (including phenoxy) is 2. The maximum Gasteiger partial charge on any atom is 0.345 e. The molecule has 0 aliphatic carbocycles. The van der Waals surface area contributed by atoms with E-state index in [0.717, 1.165) is 32.6 Å². The van der Waals surface area contributed by atoms with Crippen molar-refractivity contribution >= 4 is 11.7 Å². The lowest BCUT2D eigenvalue weighted by molar-refractivity contribution is -0.385. The number of esters is 1. The summed E-state index contributed by atoms with van der Waals surface area (Å²) in [7, 11) is 1.16. The topological polar surface area (TPSA) is 91.6 Å². The molecule has 0 N–H and O–H groups in total. The van der Waals surface area contributed by atoms with Crippen LogP contribution in [0.3, 0.4) is 0 Å². The van der Waals surface area contributed by atoms with E-state index in [4.69, 9.17) is 4.74 Å². The van der Waals surface area contributed by atoms with E-state index in [9.17, 15) is 14.9 Å². The minimum atomic E-state index is -0.785. The van der Waals surface area contributed by atoms with Gasteiger partial charge < -0.3 is 9.47 Å². The molecule has 0 aromatic carbocycles. The fourth-order valence-corrected chi connectivity index (χ4v) is 1.46. The second-order valence-corrected chi connectivity index (χ2v) is 3.84. The molecular weight excluding hydrogens is 252 g/mol. The molecule has 0 fully saturated rings. The second kappa shape index (κ2) is 7.30. The van der Waals surface area contributed by atoms with Crippen molar-refractivity contribution in [3.8, 4) is 5.88 Å². The van der Waals surface area contributed by atoms with Gasteiger partial charge in [0.1, 0.15) is 11.8 Å². The standard InChI is InChI=1S/C12H16N2O5/c1-3-4-5-6-19-11-7-9(12(15)18-2)10(8-13-11)14(16)17/h7-8H,3-6H2,1-2H3. The molecule has 0 unspecified atom stereocenters. The first-order valence-corrected chi connectivity index (χ1v) is 5.95. The zero-order chi connectivity index (χ0) is 14.3. The van der Waals surface area contributed by atoms with E-state index in [1.807, 2.05) is 0 Å². The van der Waals surface area contributed by atoms with E-state index in [-0.39, 0.29) is 11.4 Å². The van der Waals surface area contributed by atoms with E-state index in [0.29, 0.717) is 6.61 Å². The first-order valence-electron chi connectivity index (χ1n) is 5.95. The first kappa shape index (κ1) is 14.9. The summed E-state index contributed by atoms with van der Waals surface area (Å²) in [6.45, 7) is 2.53. The van der Waals surface area contributed by atoms with E-state index < -0.39 is 16.6 Å². The van der Waals surface area contributed by atoms with Gasteiger partial charge in [-0.2, -0.15) is 0 Å². The van der Waals surface area contributed by atoms with E-state index >= 15 is 0 Å². The van der Waals surface area contributed by atoms with Gasteiger partial charge in [-0.25, -0.2) is 9.78 Å². The van der Waals surface area contributed by atoms with Gasteiger partial charge in [-0.3, -0.25) is 10.1 Å². The van der Waals surface area contributed by atoms with Crippen molar-refractivity contribution in [2.75, 3.05) is 13.7 Å². The third kappa shape index (κ3) is 4.20. The third-order valence-electron chi connectivity index (χ3n) is 2.46. The van der Waals surface area contributed by atoms with Crippen LogP contribution in [0.2, 0.25) is 0 Å². The Morgan fingerprint density at radius 3 is 2.79 bits per heavy atom. The van der Waals surface area contributed by atoms with Gasteiger partial charge in [0.15, 0.2) is 0 Å². The third-order valence-corrected chi connectivity index (χ3v) is 2.46. The summed E-state index contributed by atoms with van der Waals surface area (Å²) in [6.07, 6.45) is 3.95. The number of carbonyl (C=O) groups excluding carboxylic acids is 1. The summed E-state index contributed by atoms with van der Waals surface area (Å²) in [4.78, 5) is 25.3. The highest BCUT2D eigenvalue weighted by Crippen LogP contribution is 2.22. The van der Waals surface area contributed by atoms with Crippen molar-refractivity contribution in [3.63, 3.8) is 0 Å². The highest BCUT2D eigenvalue weighted by Gasteiger charge is 2.22. The predicted octanol–water partition coefficient (Wildman–Crippen LogP) is 2.35. The maximum atomic E-state index is 11.5. The molecular formula is C12H16N2O5. The molecule has 0 spiro atoms. The Morgan fingerprint density at radius 1 is 1.47 bits per heavy atom. The summed E-state index contributed by atoms with van der Waals surface area (Å²) < 4.78 is 9.84. The predicted molar refractivity (Wildman–Crippen MR) is 67.3 cm³/mol. The van der Waals surface area contributed by atoms with Crippen molar-refractivity contribution in [1.29, 1.82) is 0 Å². The average Bonchev–Trinajstić information content (AvgIpc) is 2.42. The summed E-state index contributed by atoms with van der Waals surface area (Å²) in [5.74, 6) is -0.602. The van der Waals surface area contributed by atoms with Crippen LogP contribution in [-0.2, 0) is 4.74 Å². The van der Waals surface area contributed by atoms with Crippen LogP contribution in [0.1, 0.15) is 36.5 Å². The highest BCUT2D eigenvalue weighted by atomic mass is 16.6. The van der Waals surface area contributed by atoms with Gasteiger partial charge in [0, 0.05) is 6.07 Å². The van der Waals surface area contributed by atoms with Gasteiger partial charge in [0.25, 0.3) is 0 Å². The number of nitrogens with zero attached hydrogens (tertiary/aromatic N) is 2. The van der Waals surface area contributed by atoms with Crippen LogP contribution < -0.4 is 4.74 Å². The molecule has 0 atom stereocenters. The molecule has 19 heavy (non-hydrogen) atoms. The molecule has 7 nitrogen and oxygen atoms in total. The monoisotopic (exact) mass is 268 g/mol. The first-order chi connectivity index (χ1) is 9.10. The summed E-state index contributed by atoms with van der Waals surface area (Å²) >= 11 is 0. The fraction of sp³-hybridized carbons (Fsp3) is 0.500. The second-order valence-electron chi connectivity index (χ2n) is 3.84. The zero-order valence-corrected chi connectivity index (χ0v) is 10.9. The van der Waals surface area contributed by atoms with Crippen LogP contribution in [0.4, 0.5) is 5.69 Å². The molecule has 0 amide bonds. The lowest BCUT2D eigenvalue weighted by Gasteiger charge is -2.06. The molecule has 0 aliphatic heterocycles. The Balaban J connectivity index is 2.86. The van der Waals surface area contributed by atoms with Crippen LogP contribution in [0.15, 0.2) is 12.3 Å². The maximum absolute atomic E-state index is 11.5. The number of hydrogen-bond acceptors (Lipinski definition) is 6. The number of aromatic nitrogens is 1. The molecule has 0 saturated carbocycles. The molecule has 1 heterocycles. The van der Waals surface area contributed by atoms with Crippen LogP contribution in [0, 0.1) is 10.1 Å². The molecule has 1 aromatic heterocycles. The highest BCUT2D eigenvalue weighted by molar-refractivity contribution is 5.93. The smallest absolute Gasteiger partial charge is 0.345 e. The molecule has 1 aromatic rings. The lowest BCUT2D eigenvalue weighted by Crippen LogP contribution is -2.08.